The zero-order chi connectivity index (χ0) is 17.4. The largest absolute Gasteiger partial charge is 0.320 e. The van der Waals surface area contributed by atoms with E-state index in [1.165, 1.54) is 18.2 Å². The summed E-state index contributed by atoms with van der Waals surface area (Å²) in [4.78, 5) is 12.4. The molecule has 0 aliphatic rings. The summed E-state index contributed by atoms with van der Waals surface area (Å²) >= 11 is 0. The van der Waals surface area contributed by atoms with Crippen LogP contribution in [0, 0.1) is 26.6 Å². The van der Waals surface area contributed by atoms with Gasteiger partial charge in [0.1, 0.15) is 11.5 Å². The fourth-order valence-electron chi connectivity index (χ4n) is 2.67. The standard InChI is InChI=1S/C17H18FN5O/c1-9-7-12(18)5-6-13(9)19-17(24)15-8-14(20-21-15)16-10(2)22-23(4)11(16)3/h5-8H,1-4H3,(H,19,24)(H,20,21). The van der Waals surface area contributed by atoms with Crippen molar-refractivity contribution in [3.05, 3.63) is 52.7 Å². The molecule has 1 amide bonds. The van der Waals surface area contributed by atoms with E-state index in [1.807, 2.05) is 20.9 Å². The zero-order valence-electron chi connectivity index (χ0n) is 13.9. The van der Waals surface area contributed by atoms with Gasteiger partial charge in [0, 0.05) is 24.0 Å². The second kappa shape index (κ2) is 5.92. The maximum atomic E-state index is 13.1. The second-order valence-corrected chi connectivity index (χ2v) is 5.75. The molecular formula is C17H18FN5O. The number of amides is 1. The highest BCUT2D eigenvalue weighted by Crippen LogP contribution is 2.25. The lowest BCUT2D eigenvalue weighted by Gasteiger charge is -2.06. The molecule has 124 valence electrons. The Bertz CT molecular complexity index is 925. The van der Waals surface area contributed by atoms with Crippen LogP contribution in [0.3, 0.4) is 0 Å². The van der Waals surface area contributed by atoms with Crippen LogP contribution in [0.25, 0.3) is 11.3 Å². The Balaban J connectivity index is 1.86. The molecule has 0 unspecified atom stereocenters. The quantitative estimate of drug-likeness (QED) is 0.776. The Kier molecular flexibility index (Phi) is 3.92. The molecule has 0 radical (unpaired) electrons. The van der Waals surface area contributed by atoms with Crippen molar-refractivity contribution in [1.82, 2.24) is 20.0 Å². The Morgan fingerprint density at radius 1 is 1.25 bits per heavy atom. The van der Waals surface area contributed by atoms with Crippen molar-refractivity contribution in [2.24, 2.45) is 7.05 Å². The third kappa shape index (κ3) is 2.80. The van der Waals surface area contributed by atoms with E-state index >= 15 is 0 Å². The molecule has 0 saturated carbocycles. The Morgan fingerprint density at radius 3 is 2.62 bits per heavy atom. The first-order chi connectivity index (χ1) is 11.4. The van der Waals surface area contributed by atoms with E-state index < -0.39 is 0 Å². The number of anilines is 1. The molecule has 0 bridgehead atoms. The van der Waals surface area contributed by atoms with Crippen molar-refractivity contribution < 1.29 is 9.18 Å². The fraction of sp³-hybridized carbons (Fsp3) is 0.235. The summed E-state index contributed by atoms with van der Waals surface area (Å²) in [6.07, 6.45) is 0. The van der Waals surface area contributed by atoms with Crippen molar-refractivity contribution in [1.29, 1.82) is 0 Å². The fourth-order valence-corrected chi connectivity index (χ4v) is 2.67. The molecule has 0 atom stereocenters. The van der Waals surface area contributed by atoms with Crippen LogP contribution in [0.2, 0.25) is 0 Å². The van der Waals surface area contributed by atoms with E-state index in [1.54, 1.807) is 17.7 Å². The number of rotatable bonds is 3. The van der Waals surface area contributed by atoms with Gasteiger partial charge in [0.2, 0.25) is 0 Å². The van der Waals surface area contributed by atoms with Gasteiger partial charge in [-0.25, -0.2) is 4.39 Å². The van der Waals surface area contributed by atoms with Crippen LogP contribution in [-0.4, -0.2) is 25.9 Å². The second-order valence-electron chi connectivity index (χ2n) is 5.75. The van der Waals surface area contributed by atoms with Crippen molar-refractivity contribution in [3.63, 3.8) is 0 Å². The third-order valence-corrected chi connectivity index (χ3v) is 4.02. The van der Waals surface area contributed by atoms with Crippen LogP contribution >= 0.6 is 0 Å². The number of aromatic nitrogens is 4. The molecule has 0 saturated heterocycles. The smallest absolute Gasteiger partial charge is 0.273 e. The van der Waals surface area contributed by atoms with E-state index in [0.717, 1.165) is 17.0 Å². The van der Waals surface area contributed by atoms with Gasteiger partial charge < -0.3 is 5.32 Å². The summed E-state index contributed by atoms with van der Waals surface area (Å²) in [5, 5.41) is 14.1. The number of aromatic amines is 1. The molecule has 3 aromatic rings. The summed E-state index contributed by atoms with van der Waals surface area (Å²) in [5.41, 5.74) is 4.94. The predicted molar refractivity (Wildman–Crippen MR) is 89.4 cm³/mol. The number of hydrogen-bond acceptors (Lipinski definition) is 3. The van der Waals surface area contributed by atoms with Gasteiger partial charge in [-0.1, -0.05) is 0 Å². The normalized spacial score (nSPS) is 10.9. The van der Waals surface area contributed by atoms with Gasteiger partial charge in [0.05, 0.1) is 11.4 Å². The number of benzene rings is 1. The van der Waals surface area contributed by atoms with Crippen molar-refractivity contribution >= 4 is 11.6 Å². The summed E-state index contributed by atoms with van der Waals surface area (Å²) in [6.45, 7) is 5.59. The molecule has 0 fully saturated rings. The van der Waals surface area contributed by atoms with Crippen molar-refractivity contribution in [3.8, 4) is 11.3 Å². The van der Waals surface area contributed by atoms with Gasteiger partial charge in [0.25, 0.3) is 5.91 Å². The van der Waals surface area contributed by atoms with Crippen LogP contribution in [0.15, 0.2) is 24.3 Å². The molecule has 0 aliphatic carbocycles. The SMILES string of the molecule is Cc1cc(F)ccc1NC(=O)c1cc(-c2c(C)nn(C)c2C)n[nH]1. The first kappa shape index (κ1) is 15.9. The number of H-pyrrole nitrogens is 1. The average molecular weight is 327 g/mol. The van der Waals surface area contributed by atoms with Crippen LogP contribution in [0.4, 0.5) is 10.1 Å². The highest BCUT2D eigenvalue weighted by molar-refractivity contribution is 6.03. The van der Waals surface area contributed by atoms with Gasteiger partial charge in [-0.3, -0.25) is 14.6 Å². The van der Waals surface area contributed by atoms with E-state index in [2.05, 4.69) is 20.6 Å². The molecule has 2 heterocycles. The van der Waals surface area contributed by atoms with E-state index in [0.29, 0.717) is 22.6 Å². The minimum atomic E-state index is -0.336. The maximum absolute atomic E-state index is 13.1. The maximum Gasteiger partial charge on any atom is 0.273 e. The van der Waals surface area contributed by atoms with Crippen LogP contribution in [0.5, 0.6) is 0 Å². The zero-order valence-corrected chi connectivity index (χ0v) is 13.9. The number of halogens is 1. The van der Waals surface area contributed by atoms with E-state index in [-0.39, 0.29) is 11.7 Å². The Hall–Kier alpha value is -2.96. The van der Waals surface area contributed by atoms with Gasteiger partial charge >= 0.3 is 0 Å². The van der Waals surface area contributed by atoms with E-state index in [4.69, 9.17) is 0 Å². The molecule has 3 rings (SSSR count). The monoisotopic (exact) mass is 327 g/mol. The Labute approximate surface area is 138 Å². The third-order valence-electron chi connectivity index (χ3n) is 4.02. The van der Waals surface area contributed by atoms with Gasteiger partial charge in [-0.15, -0.1) is 0 Å². The topological polar surface area (TPSA) is 75.6 Å². The lowest BCUT2D eigenvalue weighted by atomic mass is 10.1. The number of carbonyl (C=O) groups excluding carboxylic acids is 1. The van der Waals surface area contributed by atoms with Crippen LogP contribution < -0.4 is 5.32 Å². The Morgan fingerprint density at radius 2 is 2.00 bits per heavy atom. The lowest BCUT2D eigenvalue weighted by Crippen LogP contribution is -2.13. The highest BCUT2D eigenvalue weighted by atomic mass is 19.1. The molecule has 2 N–H and O–H groups in total. The van der Waals surface area contributed by atoms with Crippen LogP contribution in [0.1, 0.15) is 27.4 Å². The molecule has 24 heavy (non-hydrogen) atoms. The minimum absolute atomic E-state index is 0.330. The lowest BCUT2D eigenvalue weighted by molar-refractivity contribution is 0.102. The van der Waals surface area contributed by atoms with Crippen LogP contribution in [-0.2, 0) is 7.05 Å². The first-order valence-corrected chi connectivity index (χ1v) is 7.50. The minimum Gasteiger partial charge on any atom is -0.320 e. The van der Waals surface area contributed by atoms with Gasteiger partial charge in [0.15, 0.2) is 0 Å². The molecule has 0 spiro atoms. The number of nitrogens with one attached hydrogen (secondary N) is 2. The molecule has 0 aliphatic heterocycles. The van der Waals surface area contributed by atoms with Gasteiger partial charge in [-0.05, 0) is 50.6 Å². The number of hydrogen-bond donors (Lipinski definition) is 2. The first-order valence-electron chi connectivity index (χ1n) is 7.50. The highest BCUT2D eigenvalue weighted by Gasteiger charge is 2.17. The summed E-state index contributed by atoms with van der Waals surface area (Å²) in [6, 6.07) is 5.90. The van der Waals surface area contributed by atoms with Crippen molar-refractivity contribution in [2.45, 2.75) is 20.8 Å². The molecular weight excluding hydrogens is 309 g/mol. The summed E-state index contributed by atoms with van der Waals surface area (Å²) in [7, 11) is 1.86. The number of aryl methyl sites for hydroxylation is 3. The molecule has 6 nitrogen and oxygen atoms in total. The molecule has 1 aromatic carbocycles. The average Bonchev–Trinajstić information content (AvgIpc) is 3.08. The summed E-state index contributed by atoms with van der Waals surface area (Å²) in [5.74, 6) is -0.667. The number of nitrogens with zero attached hydrogens (tertiary/aromatic N) is 3. The summed E-state index contributed by atoms with van der Waals surface area (Å²) < 4.78 is 14.9. The van der Waals surface area contributed by atoms with Gasteiger partial charge in [-0.2, -0.15) is 10.2 Å². The van der Waals surface area contributed by atoms with Crippen molar-refractivity contribution in [2.75, 3.05) is 5.32 Å². The molecule has 7 heteroatoms. The predicted octanol–water partition coefficient (Wildman–Crippen LogP) is 3.13. The number of carbonyl (C=O) groups is 1. The van der Waals surface area contributed by atoms with E-state index in [9.17, 15) is 9.18 Å². The molecule has 2 aromatic heterocycles.